The molecule has 0 aliphatic heterocycles. The first kappa shape index (κ1) is 13.4. The number of rotatable bonds is 5. The molecule has 0 aromatic carbocycles. The Balaban J connectivity index is 1.86. The minimum atomic E-state index is 0.150. The number of nitrogens with zero attached hydrogens (tertiary/aromatic N) is 1. The van der Waals surface area contributed by atoms with Crippen LogP contribution in [0.15, 0.2) is 18.5 Å². The van der Waals surface area contributed by atoms with Gasteiger partial charge in [0, 0.05) is 17.0 Å². The molecular formula is C14H19NO2S. The Bertz CT molecular complexity index is 403. The summed E-state index contributed by atoms with van der Waals surface area (Å²) in [6, 6.07) is 1.76. The Morgan fingerprint density at radius 2 is 2.17 bits per heavy atom. The van der Waals surface area contributed by atoms with Gasteiger partial charge in [-0.15, -0.1) is 0 Å². The molecular weight excluding hydrogens is 246 g/mol. The van der Waals surface area contributed by atoms with Gasteiger partial charge in [-0.1, -0.05) is 19.3 Å². The van der Waals surface area contributed by atoms with Crippen LogP contribution in [0.5, 0.6) is 5.75 Å². The molecule has 1 aromatic rings. The highest BCUT2D eigenvalue weighted by molar-refractivity contribution is 8.00. The van der Waals surface area contributed by atoms with Gasteiger partial charge in [0.25, 0.3) is 0 Å². The molecule has 0 amide bonds. The van der Waals surface area contributed by atoms with Gasteiger partial charge in [0.1, 0.15) is 5.75 Å². The molecule has 2 rings (SSSR count). The molecule has 0 atom stereocenters. The number of ether oxygens (including phenoxy) is 1. The fraction of sp³-hybridized carbons (Fsp3) is 0.571. The van der Waals surface area contributed by atoms with Crippen molar-refractivity contribution in [1.29, 1.82) is 0 Å². The first-order valence-corrected chi connectivity index (χ1v) is 7.48. The maximum atomic E-state index is 12.0. The minimum absolute atomic E-state index is 0.150. The minimum Gasteiger partial charge on any atom is -0.495 e. The number of Topliss-reactive ketones (excluding diaryl/α,β-unsaturated/α-hetero) is 1. The molecule has 1 heterocycles. The topological polar surface area (TPSA) is 39.2 Å². The Labute approximate surface area is 112 Å². The Hall–Kier alpha value is -1.03. The fourth-order valence-corrected chi connectivity index (χ4v) is 3.41. The third kappa shape index (κ3) is 3.73. The quantitative estimate of drug-likeness (QED) is 0.765. The molecule has 1 aromatic heterocycles. The van der Waals surface area contributed by atoms with Crippen molar-refractivity contribution in [2.75, 3.05) is 12.9 Å². The number of carbonyl (C=O) groups is 1. The lowest BCUT2D eigenvalue weighted by Crippen LogP contribution is -2.12. The van der Waals surface area contributed by atoms with Crippen molar-refractivity contribution >= 4 is 17.5 Å². The number of aromatic nitrogens is 1. The molecule has 1 aliphatic carbocycles. The molecule has 18 heavy (non-hydrogen) atoms. The summed E-state index contributed by atoms with van der Waals surface area (Å²) in [7, 11) is 1.59. The standard InChI is InChI=1S/C14H19NO2S/c1-17-12-7-11(8-15-9-12)14(16)10-18-13-5-3-2-4-6-13/h7-9,13H,2-6,10H2,1H3. The second-order valence-corrected chi connectivity index (χ2v) is 5.90. The molecule has 0 unspecified atom stereocenters. The van der Waals surface area contributed by atoms with Crippen LogP contribution in [-0.4, -0.2) is 28.9 Å². The lowest BCUT2D eigenvalue weighted by Gasteiger charge is -2.20. The number of pyridine rings is 1. The SMILES string of the molecule is COc1cncc(C(=O)CSC2CCCCC2)c1. The largest absolute Gasteiger partial charge is 0.495 e. The summed E-state index contributed by atoms with van der Waals surface area (Å²) >= 11 is 1.80. The van der Waals surface area contributed by atoms with Gasteiger partial charge in [-0.25, -0.2) is 0 Å². The molecule has 1 fully saturated rings. The van der Waals surface area contributed by atoms with Crippen molar-refractivity contribution in [3.05, 3.63) is 24.0 Å². The van der Waals surface area contributed by atoms with Crippen LogP contribution in [0.3, 0.4) is 0 Å². The predicted molar refractivity (Wildman–Crippen MR) is 74.5 cm³/mol. The van der Waals surface area contributed by atoms with Crippen molar-refractivity contribution in [2.45, 2.75) is 37.4 Å². The molecule has 0 saturated heterocycles. The van der Waals surface area contributed by atoms with E-state index in [4.69, 9.17) is 4.74 Å². The molecule has 1 saturated carbocycles. The number of methoxy groups -OCH3 is 1. The van der Waals surface area contributed by atoms with Crippen LogP contribution in [-0.2, 0) is 0 Å². The van der Waals surface area contributed by atoms with Gasteiger partial charge in [-0.3, -0.25) is 9.78 Å². The molecule has 4 heteroatoms. The zero-order chi connectivity index (χ0) is 12.8. The van der Waals surface area contributed by atoms with E-state index in [1.54, 1.807) is 37.3 Å². The van der Waals surface area contributed by atoms with Crippen molar-refractivity contribution in [3.63, 3.8) is 0 Å². The summed E-state index contributed by atoms with van der Waals surface area (Å²) in [6.45, 7) is 0. The Kier molecular flexibility index (Phi) is 5.05. The van der Waals surface area contributed by atoms with E-state index in [1.807, 2.05) is 0 Å². The van der Waals surface area contributed by atoms with Gasteiger partial charge in [-0.2, -0.15) is 11.8 Å². The van der Waals surface area contributed by atoms with Crippen LogP contribution < -0.4 is 4.74 Å². The lowest BCUT2D eigenvalue weighted by atomic mass is 10.0. The molecule has 0 bridgehead atoms. The molecule has 98 valence electrons. The van der Waals surface area contributed by atoms with Crippen LogP contribution in [0, 0.1) is 0 Å². The second-order valence-electron chi connectivity index (χ2n) is 4.61. The van der Waals surface area contributed by atoms with Crippen molar-refractivity contribution in [2.24, 2.45) is 0 Å². The summed E-state index contributed by atoms with van der Waals surface area (Å²) in [4.78, 5) is 16.1. The highest BCUT2D eigenvalue weighted by atomic mass is 32.2. The monoisotopic (exact) mass is 265 g/mol. The summed E-state index contributed by atoms with van der Waals surface area (Å²) in [5.74, 6) is 1.35. The lowest BCUT2D eigenvalue weighted by molar-refractivity contribution is 0.102. The molecule has 0 radical (unpaired) electrons. The van der Waals surface area contributed by atoms with E-state index in [1.165, 1.54) is 32.1 Å². The fourth-order valence-electron chi connectivity index (χ4n) is 2.19. The average Bonchev–Trinajstić information content (AvgIpc) is 2.46. The van der Waals surface area contributed by atoms with Gasteiger partial charge in [0.15, 0.2) is 5.78 Å². The van der Waals surface area contributed by atoms with Crippen LogP contribution in [0.25, 0.3) is 0 Å². The van der Waals surface area contributed by atoms with Crippen molar-refractivity contribution < 1.29 is 9.53 Å². The van der Waals surface area contributed by atoms with Gasteiger partial charge >= 0.3 is 0 Å². The van der Waals surface area contributed by atoms with Crippen molar-refractivity contribution in [3.8, 4) is 5.75 Å². The Morgan fingerprint density at radius 1 is 1.39 bits per heavy atom. The smallest absolute Gasteiger partial charge is 0.174 e. The zero-order valence-corrected chi connectivity index (χ0v) is 11.5. The number of ketones is 1. The van der Waals surface area contributed by atoms with E-state index < -0.39 is 0 Å². The zero-order valence-electron chi connectivity index (χ0n) is 10.7. The average molecular weight is 265 g/mol. The van der Waals surface area contributed by atoms with E-state index in [-0.39, 0.29) is 5.78 Å². The number of carbonyl (C=O) groups excluding carboxylic acids is 1. The van der Waals surface area contributed by atoms with E-state index in [2.05, 4.69) is 4.98 Å². The maximum Gasteiger partial charge on any atom is 0.174 e. The van der Waals surface area contributed by atoms with Gasteiger partial charge in [0.2, 0.25) is 0 Å². The molecule has 0 spiro atoms. The third-order valence-electron chi connectivity index (χ3n) is 3.27. The normalized spacial score (nSPS) is 16.5. The highest BCUT2D eigenvalue weighted by Gasteiger charge is 2.16. The first-order valence-electron chi connectivity index (χ1n) is 6.43. The van der Waals surface area contributed by atoms with E-state index in [0.717, 1.165) is 0 Å². The summed E-state index contributed by atoms with van der Waals surface area (Å²) in [5.41, 5.74) is 0.651. The summed E-state index contributed by atoms with van der Waals surface area (Å²) in [6.07, 6.45) is 9.73. The molecule has 0 N–H and O–H groups in total. The second kappa shape index (κ2) is 6.78. The van der Waals surface area contributed by atoms with Crippen LogP contribution in [0.4, 0.5) is 0 Å². The van der Waals surface area contributed by atoms with E-state index >= 15 is 0 Å². The van der Waals surface area contributed by atoms with Crippen LogP contribution in [0.2, 0.25) is 0 Å². The third-order valence-corrected chi connectivity index (χ3v) is 4.64. The predicted octanol–water partition coefficient (Wildman–Crippen LogP) is 3.34. The highest BCUT2D eigenvalue weighted by Crippen LogP contribution is 2.28. The van der Waals surface area contributed by atoms with Crippen LogP contribution >= 0.6 is 11.8 Å². The van der Waals surface area contributed by atoms with Gasteiger partial charge in [0.05, 0.1) is 19.1 Å². The summed E-state index contributed by atoms with van der Waals surface area (Å²) < 4.78 is 5.08. The number of thioether (sulfide) groups is 1. The van der Waals surface area contributed by atoms with E-state index in [0.29, 0.717) is 22.3 Å². The summed E-state index contributed by atoms with van der Waals surface area (Å²) in [5, 5.41) is 0.668. The van der Waals surface area contributed by atoms with Crippen molar-refractivity contribution in [1.82, 2.24) is 4.98 Å². The molecule has 1 aliphatic rings. The van der Waals surface area contributed by atoms with Crippen LogP contribution in [0.1, 0.15) is 42.5 Å². The number of hydrogen-bond donors (Lipinski definition) is 0. The van der Waals surface area contributed by atoms with Gasteiger partial charge in [-0.05, 0) is 18.9 Å². The maximum absolute atomic E-state index is 12.0. The first-order chi connectivity index (χ1) is 8.79. The van der Waals surface area contributed by atoms with E-state index in [9.17, 15) is 4.79 Å². The van der Waals surface area contributed by atoms with Gasteiger partial charge < -0.3 is 4.74 Å². The number of hydrogen-bond acceptors (Lipinski definition) is 4. The molecule has 3 nitrogen and oxygen atoms in total. The Morgan fingerprint density at radius 3 is 2.89 bits per heavy atom.